The molecule has 26 heavy (non-hydrogen) atoms. The predicted octanol–water partition coefficient (Wildman–Crippen LogP) is 3.35. The van der Waals surface area contributed by atoms with Crippen molar-refractivity contribution >= 4 is 16.9 Å². The van der Waals surface area contributed by atoms with E-state index >= 15 is 0 Å². The zero-order valence-corrected chi connectivity index (χ0v) is 14.8. The number of benzene rings is 1. The summed E-state index contributed by atoms with van der Waals surface area (Å²) in [5.74, 6) is 0.127. The fraction of sp³-hybridized carbons (Fsp3) is 0.316. The third-order valence-corrected chi connectivity index (χ3v) is 3.87. The molecule has 6 nitrogen and oxygen atoms in total. The first-order chi connectivity index (χ1) is 12.5. The quantitative estimate of drug-likeness (QED) is 0.659. The highest BCUT2D eigenvalue weighted by Gasteiger charge is 2.11. The topological polar surface area (TPSA) is 69.0 Å². The van der Waals surface area contributed by atoms with E-state index < -0.39 is 0 Å². The van der Waals surface area contributed by atoms with Gasteiger partial charge in [0.25, 0.3) is 5.91 Å². The molecule has 0 saturated carbocycles. The lowest BCUT2D eigenvalue weighted by Gasteiger charge is -2.08. The largest absolute Gasteiger partial charge is 0.494 e. The van der Waals surface area contributed by atoms with Gasteiger partial charge in [-0.1, -0.05) is 0 Å². The van der Waals surface area contributed by atoms with Crippen molar-refractivity contribution in [2.75, 3.05) is 13.2 Å². The first-order valence-electron chi connectivity index (χ1n) is 8.54. The Balaban J connectivity index is 1.49. The fourth-order valence-electron chi connectivity index (χ4n) is 2.54. The zero-order chi connectivity index (χ0) is 18.5. The highest BCUT2D eigenvalue weighted by atomic mass is 19.1. The highest BCUT2D eigenvalue weighted by molar-refractivity contribution is 5.96. The molecule has 7 heteroatoms. The summed E-state index contributed by atoms with van der Waals surface area (Å²) < 4.78 is 20.1. The number of amides is 1. The van der Waals surface area contributed by atoms with Crippen molar-refractivity contribution in [3.05, 3.63) is 54.1 Å². The second-order valence-electron chi connectivity index (χ2n) is 6.23. The van der Waals surface area contributed by atoms with Gasteiger partial charge in [-0.05, 0) is 50.6 Å². The van der Waals surface area contributed by atoms with Crippen molar-refractivity contribution < 1.29 is 13.9 Å². The van der Waals surface area contributed by atoms with E-state index in [2.05, 4.69) is 15.4 Å². The molecule has 0 spiro atoms. The minimum Gasteiger partial charge on any atom is -0.494 e. The Kier molecular flexibility index (Phi) is 5.46. The highest BCUT2D eigenvalue weighted by Crippen LogP contribution is 2.16. The first-order valence-corrected chi connectivity index (χ1v) is 8.54. The van der Waals surface area contributed by atoms with Gasteiger partial charge in [0.2, 0.25) is 0 Å². The van der Waals surface area contributed by atoms with Gasteiger partial charge in [0.15, 0.2) is 5.65 Å². The summed E-state index contributed by atoms with van der Waals surface area (Å²) in [7, 11) is 0. The number of carbonyl (C=O) groups is 1. The average molecular weight is 356 g/mol. The lowest BCUT2D eigenvalue weighted by molar-refractivity contribution is 0.0951. The number of carbonyl (C=O) groups excluding carboxylic acids is 1. The van der Waals surface area contributed by atoms with Crippen LogP contribution in [-0.2, 0) is 0 Å². The van der Waals surface area contributed by atoms with Crippen molar-refractivity contribution in [2.24, 2.45) is 0 Å². The van der Waals surface area contributed by atoms with Crippen LogP contribution in [0, 0.1) is 5.82 Å². The summed E-state index contributed by atoms with van der Waals surface area (Å²) in [5.41, 5.74) is 1.27. The van der Waals surface area contributed by atoms with E-state index in [9.17, 15) is 9.18 Å². The van der Waals surface area contributed by atoms with Crippen molar-refractivity contribution in [1.29, 1.82) is 0 Å². The van der Waals surface area contributed by atoms with Gasteiger partial charge in [0, 0.05) is 24.2 Å². The zero-order valence-electron chi connectivity index (χ0n) is 14.8. The van der Waals surface area contributed by atoms with Gasteiger partial charge < -0.3 is 10.1 Å². The molecule has 1 N–H and O–H groups in total. The maximum Gasteiger partial charge on any atom is 0.252 e. The molecule has 136 valence electrons. The molecular formula is C19H21FN4O2. The molecule has 0 unspecified atom stereocenters. The number of nitrogens with one attached hydrogen (secondary N) is 1. The Bertz CT molecular complexity index is 890. The number of pyridine rings is 1. The number of rotatable bonds is 7. The molecule has 0 bridgehead atoms. The molecule has 2 heterocycles. The van der Waals surface area contributed by atoms with Crippen LogP contribution in [0.15, 0.2) is 42.7 Å². The molecule has 0 radical (unpaired) electrons. The number of hydrogen-bond donors (Lipinski definition) is 1. The Morgan fingerprint density at radius 1 is 1.27 bits per heavy atom. The van der Waals surface area contributed by atoms with Crippen LogP contribution in [0.2, 0.25) is 0 Å². The monoisotopic (exact) mass is 356 g/mol. The Morgan fingerprint density at radius 2 is 2.04 bits per heavy atom. The van der Waals surface area contributed by atoms with Gasteiger partial charge in [-0.2, -0.15) is 5.10 Å². The smallest absolute Gasteiger partial charge is 0.252 e. The molecule has 2 aromatic heterocycles. The summed E-state index contributed by atoms with van der Waals surface area (Å²) in [5, 5.41) is 7.98. The van der Waals surface area contributed by atoms with Gasteiger partial charge in [0.05, 0.1) is 18.4 Å². The van der Waals surface area contributed by atoms with Gasteiger partial charge in [-0.25, -0.2) is 14.1 Å². The van der Waals surface area contributed by atoms with Gasteiger partial charge >= 0.3 is 0 Å². The molecule has 0 saturated heterocycles. The van der Waals surface area contributed by atoms with Crippen LogP contribution in [-0.4, -0.2) is 33.8 Å². The third kappa shape index (κ3) is 4.17. The molecule has 0 aliphatic heterocycles. The van der Waals surface area contributed by atoms with Crippen LogP contribution in [0.25, 0.3) is 11.0 Å². The molecule has 3 aromatic rings. The van der Waals surface area contributed by atoms with Gasteiger partial charge in [-0.3, -0.25) is 4.79 Å². The molecule has 0 aliphatic rings. The van der Waals surface area contributed by atoms with E-state index in [-0.39, 0.29) is 17.8 Å². The second-order valence-corrected chi connectivity index (χ2v) is 6.23. The normalized spacial score (nSPS) is 11.1. The maximum absolute atomic E-state index is 12.8. The number of halogens is 1. The first kappa shape index (κ1) is 17.8. The maximum atomic E-state index is 12.8. The third-order valence-electron chi connectivity index (χ3n) is 3.87. The molecule has 0 atom stereocenters. The van der Waals surface area contributed by atoms with Crippen molar-refractivity contribution in [2.45, 2.75) is 26.3 Å². The minimum absolute atomic E-state index is 0.182. The minimum atomic E-state index is -0.297. The summed E-state index contributed by atoms with van der Waals surface area (Å²) in [6.45, 7) is 4.97. The Labute approximate surface area is 151 Å². The SMILES string of the molecule is CC(C)n1ncc2cc(C(=O)NCCCOc3ccc(F)cc3)cnc21. The average Bonchev–Trinajstić information content (AvgIpc) is 3.06. The van der Waals surface area contributed by atoms with E-state index in [1.807, 2.05) is 18.5 Å². The lowest BCUT2D eigenvalue weighted by atomic mass is 10.2. The standard InChI is InChI=1S/C19H21FN4O2/c1-13(2)24-18-14(12-23-24)10-15(11-22-18)19(25)21-8-3-9-26-17-6-4-16(20)5-7-17/h4-7,10-13H,3,8-9H2,1-2H3,(H,21,25). The number of nitrogens with zero attached hydrogens (tertiary/aromatic N) is 3. The van der Waals surface area contributed by atoms with Gasteiger partial charge in [0.1, 0.15) is 11.6 Å². The van der Waals surface area contributed by atoms with Crippen LogP contribution in [0.4, 0.5) is 4.39 Å². The Hall–Kier alpha value is -2.96. The van der Waals surface area contributed by atoms with E-state index in [0.717, 1.165) is 11.0 Å². The fourth-order valence-corrected chi connectivity index (χ4v) is 2.54. The number of ether oxygens (including phenoxy) is 1. The predicted molar refractivity (Wildman–Crippen MR) is 96.8 cm³/mol. The van der Waals surface area contributed by atoms with E-state index in [1.165, 1.54) is 12.1 Å². The molecule has 0 fully saturated rings. The van der Waals surface area contributed by atoms with Crippen LogP contribution < -0.4 is 10.1 Å². The van der Waals surface area contributed by atoms with Crippen LogP contribution in [0.1, 0.15) is 36.7 Å². The Morgan fingerprint density at radius 3 is 2.77 bits per heavy atom. The number of fused-ring (bicyclic) bond motifs is 1. The summed E-state index contributed by atoms with van der Waals surface area (Å²) >= 11 is 0. The molecule has 1 aromatic carbocycles. The van der Waals surface area contributed by atoms with E-state index in [4.69, 9.17) is 4.74 Å². The van der Waals surface area contributed by atoms with Gasteiger partial charge in [-0.15, -0.1) is 0 Å². The molecule has 1 amide bonds. The summed E-state index contributed by atoms with van der Waals surface area (Å²) in [6, 6.07) is 7.85. The van der Waals surface area contributed by atoms with E-state index in [1.54, 1.807) is 30.6 Å². The van der Waals surface area contributed by atoms with Crippen molar-refractivity contribution in [1.82, 2.24) is 20.1 Å². The van der Waals surface area contributed by atoms with E-state index in [0.29, 0.717) is 30.9 Å². The lowest BCUT2D eigenvalue weighted by Crippen LogP contribution is -2.25. The number of aromatic nitrogens is 3. The summed E-state index contributed by atoms with van der Waals surface area (Å²) in [4.78, 5) is 16.6. The van der Waals surface area contributed by atoms with Crippen LogP contribution in [0.3, 0.4) is 0 Å². The van der Waals surface area contributed by atoms with Crippen LogP contribution >= 0.6 is 0 Å². The second kappa shape index (κ2) is 7.95. The summed E-state index contributed by atoms with van der Waals surface area (Å²) in [6.07, 6.45) is 3.92. The molecule has 0 aliphatic carbocycles. The van der Waals surface area contributed by atoms with Crippen LogP contribution in [0.5, 0.6) is 5.75 Å². The molecule has 3 rings (SSSR count). The molecular weight excluding hydrogens is 335 g/mol. The van der Waals surface area contributed by atoms with Crippen molar-refractivity contribution in [3.63, 3.8) is 0 Å². The van der Waals surface area contributed by atoms with Crippen molar-refractivity contribution in [3.8, 4) is 5.75 Å². The number of hydrogen-bond acceptors (Lipinski definition) is 4.